The molecule has 0 fully saturated rings. The number of primary amides is 1. The van der Waals surface area contributed by atoms with Gasteiger partial charge in [-0.05, 0) is 31.2 Å². The van der Waals surface area contributed by atoms with E-state index in [2.05, 4.69) is 10.0 Å². The van der Waals surface area contributed by atoms with Crippen LogP contribution in [0.25, 0.3) is 0 Å². The van der Waals surface area contributed by atoms with E-state index < -0.39 is 34.4 Å². The van der Waals surface area contributed by atoms with Crippen molar-refractivity contribution in [1.82, 2.24) is 4.72 Å². The highest BCUT2D eigenvalue weighted by atomic mass is 32.2. The van der Waals surface area contributed by atoms with Gasteiger partial charge in [0.25, 0.3) is 11.8 Å². The van der Waals surface area contributed by atoms with Crippen LogP contribution in [0.5, 0.6) is 0 Å². The highest BCUT2D eigenvalue weighted by molar-refractivity contribution is 7.89. The number of para-hydroxylation sites is 1. The number of esters is 1. The fourth-order valence-electron chi connectivity index (χ4n) is 2.30. The number of benzene rings is 2. The van der Waals surface area contributed by atoms with E-state index in [9.17, 15) is 22.8 Å². The molecule has 4 N–H and O–H groups in total. The molecular formula is C19H21N3O6S. The first kappa shape index (κ1) is 22.1. The first-order valence-corrected chi connectivity index (χ1v) is 10.1. The van der Waals surface area contributed by atoms with Crippen LogP contribution in [0, 0.1) is 6.92 Å². The van der Waals surface area contributed by atoms with Gasteiger partial charge < -0.3 is 15.8 Å². The summed E-state index contributed by atoms with van der Waals surface area (Å²) in [4.78, 5) is 35.0. The Labute approximate surface area is 168 Å². The number of amides is 2. The molecule has 0 aliphatic carbocycles. The van der Waals surface area contributed by atoms with E-state index in [1.807, 2.05) is 6.92 Å². The van der Waals surface area contributed by atoms with Crippen LogP contribution in [0.15, 0.2) is 53.4 Å². The van der Waals surface area contributed by atoms with E-state index in [-0.39, 0.29) is 29.1 Å². The molecule has 0 aliphatic rings. The van der Waals surface area contributed by atoms with Gasteiger partial charge in [-0.2, -0.15) is 0 Å². The monoisotopic (exact) mass is 419 g/mol. The summed E-state index contributed by atoms with van der Waals surface area (Å²) in [6.07, 6.45) is -0.254. The molecule has 0 radical (unpaired) electrons. The van der Waals surface area contributed by atoms with Crippen molar-refractivity contribution in [2.24, 2.45) is 5.73 Å². The summed E-state index contributed by atoms with van der Waals surface area (Å²) in [5.74, 6) is -2.12. The van der Waals surface area contributed by atoms with Crippen molar-refractivity contribution in [2.75, 3.05) is 18.5 Å². The van der Waals surface area contributed by atoms with E-state index in [0.717, 1.165) is 5.56 Å². The lowest BCUT2D eigenvalue weighted by Gasteiger charge is -2.10. The Morgan fingerprint density at radius 3 is 2.34 bits per heavy atom. The second-order valence-corrected chi connectivity index (χ2v) is 7.85. The minimum absolute atomic E-state index is 0.0870. The third-order valence-electron chi connectivity index (χ3n) is 3.78. The maximum atomic E-state index is 12.1. The summed E-state index contributed by atoms with van der Waals surface area (Å²) in [6, 6.07) is 12.4. The Bertz CT molecular complexity index is 1000. The van der Waals surface area contributed by atoms with Crippen molar-refractivity contribution >= 4 is 33.5 Å². The van der Waals surface area contributed by atoms with Gasteiger partial charge in [-0.15, -0.1) is 0 Å². The normalized spacial score (nSPS) is 10.9. The van der Waals surface area contributed by atoms with Crippen molar-refractivity contribution in [3.63, 3.8) is 0 Å². The van der Waals surface area contributed by atoms with Gasteiger partial charge in [0, 0.05) is 6.54 Å². The van der Waals surface area contributed by atoms with Crippen LogP contribution in [0.3, 0.4) is 0 Å². The predicted octanol–water partition coefficient (Wildman–Crippen LogP) is 0.944. The summed E-state index contributed by atoms with van der Waals surface area (Å²) in [5.41, 5.74) is 6.46. The lowest BCUT2D eigenvalue weighted by atomic mass is 10.1. The molecule has 2 rings (SSSR count). The third-order valence-corrected chi connectivity index (χ3v) is 5.26. The van der Waals surface area contributed by atoms with Gasteiger partial charge in [0.05, 0.1) is 22.6 Å². The summed E-state index contributed by atoms with van der Waals surface area (Å²) in [5, 5.41) is 2.43. The van der Waals surface area contributed by atoms with Gasteiger partial charge in [-0.3, -0.25) is 14.4 Å². The molecule has 10 heteroatoms. The van der Waals surface area contributed by atoms with Crippen molar-refractivity contribution in [3.05, 3.63) is 59.7 Å². The van der Waals surface area contributed by atoms with Gasteiger partial charge in [0.15, 0.2) is 6.61 Å². The molecule has 0 aliphatic heterocycles. The van der Waals surface area contributed by atoms with Crippen molar-refractivity contribution in [2.45, 2.75) is 18.2 Å². The van der Waals surface area contributed by atoms with Crippen molar-refractivity contribution in [3.8, 4) is 0 Å². The highest BCUT2D eigenvalue weighted by Gasteiger charge is 2.15. The number of hydrogen-bond acceptors (Lipinski definition) is 6. The molecule has 2 amide bonds. The van der Waals surface area contributed by atoms with Gasteiger partial charge in [-0.25, -0.2) is 13.1 Å². The Hall–Kier alpha value is -3.24. The summed E-state index contributed by atoms with van der Waals surface area (Å²) in [6.45, 7) is 1.07. The minimum Gasteiger partial charge on any atom is -0.456 e. The zero-order chi connectivity index (χ0) is 21.4. The van der Waals surface area contributed by atoms with E-state index in [1.165, 1.54) is 24.3 Å². The van der Waals surface area contributed by atoms with Crippen LogP contribution in [0.1, 0.15) is 22.3 Å². The molecule has 154 valence electrons. The van der Waals surface area contributed by atoms with Crippen LogP contribution in [0.4, 0.5) is 5.69 Å². The minimum atomic E-state index is -3.74. The second kappa shape index (κ2) is 9.80. The van der Waals surface area contributed by atoms with Crippen LogP contribution >= 0.6 is 0 Å². The lowest BCUT2D eigenvalue weighted by Crippen LogP contribution is -2.28. The largest absolute Gasteiger partial charge is 0.456 e. The number of sulfonamides is 1. The van der Waals surface area contributed by atoms with E-state index in [1.54, 1.807) is 24.3 Å². The Morgan fingerprint density at radius 1 is 1.03 bits per heavy atom. The van der Waals surface area contributed by atoms with E-state index in [0.29, 0.717) is 0 Å². The summed E-state index contributed by atoms with van der Waals surface area (Å²) in [7, 11) is -3.74. The predicted molar refractivity (Wildman–Crippen MR) is 106 cm³/mol. The molecular weight excluding hydrogens is 398 g/mol. The topological polar surface area (TPSA) is 145 Å². The van der Waals surface area contributed by atoms with Crippen LogP contribution in [-0.2, 0) is 24.3 Å². The fraction of sp³-hybridized carbons (Fsp3) is 0.211. The molecule has 0 aromatic heterocycles. The number of aryl methyl sites for hydroxylation is 1. The van der Waals surface area contributed by atoms with Crippen LogP contribution in [-0.4, -0.2) is 39.4 Å². The first-order valence-electron chi connectivity index (χ1n) is 8.59. The molecule has 0 bridgehead atoms. The number of nitrogens with one attached hydrogen (secondary N) is 2. The number of hydrogen-bond donors (Lipinski definition) is 3. The Balaban J connectivity index is 1.78. The zero-order valence-electron chi connectivity index (χ0n) is 15.7. The third kappa shape index (κ3) is 6.70. The van der Waals surface area contributed by atoms with E-state index in [4.69, 9.17) is 10.5 Å². The highest BCUT2D eigenvalue weighted by Crippen LogP contribution is 2.14. The first-order chi connectivity index (χ1) is 13.7. The number of carbonyl (C=O) groups excluding carboxylic acids is 3. The number of carbonyl (C=O) groups is 3. The summed E-state index contributed by atoms with van der Waals surface area (Å²) >= 11 is 0. The van der Waals surface area contributed by atoms with Gasteiger partial charge in [0.1, 0.15) is 0 Å². The average Bonchev–Trinajstić information content (AvgIpc) is 2.67. The molecule has 0 saturated heterocycles. The SMILES string of the molecule is Cc1ccc(S(=O)(=O)NCCC(=O)OCC(=O)Nc2ccccc2C(N)=O)cc1. The average molecular weight is 419 g/mol. The molecule has 9 nitrogen and oxygen atoms in total. The Kier molecular flexibility index (Phi) is 7.46. The van der Waals surface area contributed by atoms with Gasteiger partial charge >= 0.3 is 5.97 Å². The molecule has 29 heavy (non-hydrogen) atoms. The maximum Gasteiger partial charge on any atom is 0.307 e. The smallest absolute Gasteiger partial charge is 0.307 e. The van der Waals surface area contributed by atoms with Crippen LogP contribution in [0.2, 0.25) is 0 Å². The molecule has 2 aromatic carbocycles. The maximum absolute atomic E-state index is 12.1. The molecule has 0 spiro atoms. The Morgan fingerprint density at radius 2 is 1.69 bits per heavy atom. The van der Waals surface area contributed by atoms with Crippen molar-refractivity contribution < 1.29 is 27.5 Å². The number of nitrogens with two attached hydrogens (primary N) is 1. The molecule has 0 atom stereocenters. The summed E-state index contributed by atoms with van der Waals surface area (Å²) < 4.78 is 31.3. The molecule has 0 saturated carbocycles. The number of rotatable bonds is 9. The molecule has 2 aromatic rings. The lowest BCUT2D eigenvalue weighted by molar-refractivity contribution is -0.147. The van der Waals surface area contributed by atoms with Gasteiger partial charge in [0.2, 0.25) is 10.0 Å². The second-order valence-electron chi connectivity index (χ2n) is 6.08. The quantitative estimate of drug-likeness (QED) is 0.516. The fourth-order valence-corrected chi connectivity index (χ4v) is 3.33. The zero-order valence-corrected chi connectivity index (χ0v) is 16.5. The molecule has 0 unspecified atom stereocenters. The van der Waals surface area contributed by atoms with Gasteiger partial charge in [-0.1, -0.05) is 29.8 Å². The van der Waals surface area contributed by atoms with Crippen LogP contribution < -0.4 is 15.8 Å². The van der Waals surface area contributed by atoms with E-state index >= 15 is 0 Å². The number of ether oxygens (including phenoxy) is 1. The van der Waals surface area contributed by atoms with Crippen molar-refractivity contribution in [1.29, 1.82) is 0 Å². The molecule has 0 heterocycles. The standard InChI is InChI=1S/C19H21N3O6S/c1-13-6-8-14(9-7-13)29(26,27)21-11-10-18(24)28-12-17(23)22-16-5-3-2-4-15(16)19(20)25/h2-9,21H,10-12H2,1H3,(H2,20,25)(H,22,23). The number of anilines is 1.